The Morgan fingerprint density at radius 1 is 1.32 bits per heavy atom. The summed E-state index contributed by atoms with van der Waals surface area (Å²) >= 11 is 0. The Kier molecular flexibility index (Phi) is 8.25. The van der Waals surface area contributed by atoms with Crippen molar-refractivity contribution in [3.63, 3.8) is 0 Å². The van der Waals surface area contributed by atoms with Gasteiger partial charge in [0.1, 0.15) is 24.4 Å². The smallest absolute Gasteiger partial charge is 0.114 e. The molecule has 0 aromatic carbocycles. The fourth-order valence-electron chi connectivity index (χ4n) is 1.97. The fourth-order valence-corrected chi connectivity index (χ4v) is 1.97. The van der Waals surface area contributed by atoms with E-state index >= 15 is 0 Å². The lowest BCUT2D eigenvalue weighted by Crippen LogP contribution is -2.40. The Balaban J connectivity index is 2.04. The zero-order valence-corrected chi connectivity index (χ0v) is 11.6. The lowest BCUT2D eigenvalue weighted by atomic mass is 10.1. The van der Waals surface area contributed by atoms with Crippen LogP contribution in [-0.2, 0) is 9.47 Å². The molecule has 0 amide bonds. The van der Waals surface area contributed by atoms with Gasteiger partial charge in [-0.05, 0) is 12.8 Å². The van der Waals surface area contributed by atoms with Crippen molar-refractivity contribution in [2.75, 3.05) is 19.8 Å². The largest absolute Gasteiger partial charge is 0.388 e. The fraction of sp³-hybridized carbons (Fsp3) is 0.857. The van der Waals surface area contributed by atoms with E-state index < -0.39 is 24.4 Å². The maximum atomic E-state index is 9.77. The number of hydrogen-bond acceptors (Lipinski definition) is 5. The molecule has 112 valence electrons. The number of unbranched alkanes of at least 4 members (excludes halogenated alkanes) is 2. The van der Waals surface area contributed by atoms with Crippen LogP contribution in [0.4, 0.5) is 0 Å². The first-order valence-corrected chi connectivity index (χ1v) is 7.05. The molecule has 0 spiro atoms. The van der Waals surface area contributed by atoms with Gasteiger partial charge in [0.05, 0.1) is 19.8 Å². The number of rotatable bonds is 9. The van der Waals surface area contributed by atoms with E-state index in [9.17, 15) is 15.3 Å². The van der Waals surface area contributed by atoms with Crippen LogP contribution in [0.15, 0.2) is 12.2 Å². The first-order valence-electron chi connectivity index (χ1n) is 7.05. The zero-order valence-electron chi connectivity index (χ0n) is 11.6. The van der Waals surface area contributed by atoms with E-state index in [2.05, 4.69) is 19.1 Å². The molecule has 0 aromatic heterocycles. The lowest BCUT2D eigenvalue weighted by molar-refractivity contribution is -0.0806. The Morgan fingerprint density at radius 2 is 2.05 bits per heavy atom. The minimum absolute atomic E-state index is 0.0586. The van der Waals surface area contributed by atoms with E-state index in [1.165, 1.54) is 12.8 Å². The second-order valence-corrected chi connectivity index (χ2v) is 4.90. The van der Waals surface area contributed by atoms with E-state index in [-0.39, 0.29) is 13.2 Å². The van der Waals surface area contributed by atoms with Gasteiger partial charge in [0.15, 0.2) is 0 Å². The van der Waals surface area contributed by atoms with Crippen LogP contribution >= 0.6 is 0 Å². The highest BCUT2D eigenvalue weighted by Gasteiger charge is 2.39. The predicted octanol–water partition coefficient (Wildman–Crippen LogP) is 0.621. The van der Waals surface area contributed by atoms with Crippen molar-refractivity contribution in [2.45, 2.75) is 57.0 Å². The number of aliphatic hydroxyl groups excluding tert-OH is 3. The maximum absolute atomic E-state index is 9.77. The first-order chi connectivity index (χ1) is 9.16. The van der Waals surface area contributed by atoms with E-state index in [1.807, 2.05) is 0 Å². The molecule has 1 rings (SSSR count). The standard InChI is InChI=1S/C14H26O5/c1-2-3-4-5-6-7-8-18-9-12(16)14-13(17)11(15)10-19-14/h5-6,11-17H,2-4,7-10H2,1H3/b6-5+/t11-,12+,13+,14+/m0/s1. The summed E-state index contributed by atoms with van der Waals surface area (Å²) < 4.78 is 10.4. The molecule has 0 aliphatic carbocycles. The molecule has 1 fully saturated rings. The Labute approximate surface area is 114 Å². The minimum Gasteiger partial charge on any atom is -0.388 e. The monoisotopic (exact) mass is 274 g/mol. The number of hydrogen-bond donors (Lipinski definition) is 3. The predicted molar refractivity (Wildman–Crippen MR) is 71.9 cm³/mol. The summed E-state index contributed by atoms with van der Waals surface area (Å²) in [7, 11) is 0. The van der Waals surface area contributed by atoms with Crippen molar-refractivity contribution in [3.05, 3.63) is 12.2 Å². The van der Waals surface area contributed by atoms with E-state index in [0.29, 0.717) is 6.61 Å². The number of allylic oxidation sites excluding steroid dienone is 1. The Hall–Kier alpha value is -0.460. The summed E-state index contributed by atoms with van der Waals surface area (Å²) in [5.74, 6) is 0. The van der Waals surface area contributed by atoms with Gasteiger partial charge in [0.2, 0.25) is 0 Å². The van der Waals surface area contributed by atoms with Crippen molar-refractivity contribution < 1.29 is 24.8 Å². The molecule has 5 nitrogen and oxygen atoms in total. The van der Waals surface area contributed by atoms with Gasteiger partial charge in [-0.1, -0.05) is 31.9 Å². The molecule has 1 heterocycles. The van der Waals surface area contributed by atoms with Crippen LogP contribution in [0, 0.1) is 0 Å². The van der Waals surface area contributed by atoms with E-state index in [0.717, 1.165) is 12.8 Å². The van der Waals surface area contributed by atoms with Gasteiger partial charge in [0, 0.05) is 0 Å². The molecule has 0 aromatic rings. The molecule has 5 heteroatoms. The topological polar surface area (TPSA) is 79.2 Å². The number of aliphatic hydroxyl groups is 3. The summed E-state index contributed by atoms with van der Waals surface area (Å²) in [6.07, 6.45) is 4.92. The third-order valence-corrected chi connectivity index (χ3v) is 3.18. The molecule has 4 atom stereocenters. The van der Waals surface area contributed by atoms with Gasteiger partial charge in [-0.2, -0.15) is 0 Å². The summed E-state index contributed by atoms with van der Waals surface area (Å²) in [6.45, 7) is 2.86. The maximum Gasteiger partial charge on any atom is 0.114 e. The Morgan fingerprint density at radius 3 is 2.68 bits per heavy atom. The van der Waals surface area contributed by atoms with Crippen LogP contribution in [0.1, 0.15) is 32.6 Å². The average Bonchev–Trinajstić information content (AvgIpc) is 2.73. The summed E-state index contributed by atoms with van der Waals surface area (Å²) in [5, 5.41) is 28.6. The van der Waals surface area contributed by atoms with Gasteiger partial charge in [-0.15, -0.1) is 0 Å². The van der Waals surface area contributed by atoms with Crippen molar-refractivity contribution in [3.8, 4) is 0 Å². The molecule has 1 aliphatic heterocycles. The van der Waals surface area contributed by atoms with Crippen LogP contribution in [0.5, 0.6) is 0 Å². The summed E-state index contributed by atoms with van der Waals surface area (Å²) in [4.78, 5) is 0. The molecule has 0 radical (unpaired) electrons. The molecule has 19 heavy (non-hydrogen) atoms. The molecule has 0 saturated carbocycles. The first kappa shape index (κ1) is 16.6. The molecule has 1 aliphatic rings. The summed E-state index contributed by atoms with van der Waals surface area (Å²) in [6, 6.07) is 0. The minimum atomic E-state index is -1.03. The lowest BCUT2D eigenvalue weighted by Gasteiger charge is -2.20. The van der Waals surface area contributed by atoms with Crippen molar-refractivity contribution in [1.82, 2.24) is 0 Å². The van der Waals surface area contributed by atoms with Crippen LogP contribution in [0.25, 0.3) is 0 Å². The van der Waals surface area contributed by atoms with Crippen molar-refractivity contribution in [1.29, 1.82) is 0 Å². The van der Waals surface area contributed by atoms with E-state index in [4.69, 9.17) is 9.47 Å². The molecule has 0 bridgehead atoms. The SMILES string of the molecule is CCCC/C=C/CCOC[C@@H](O)[C@H]1OC[C@H](O)[C@H]1O. The van der Waals surface area contributed by atoms with Gasteiger partial charge >= 0.3 is 0 Å². The third kappa shape index (κ3) is 6.01. The second-order valence-electron chi connectivity index (χ2n) is 4.90. The van der Waals surface area contributed by atoms with Crippen molar-refractivity contribution in [2.24, 2.45) is 0 Å². The molecule has 3 N–H and O–H groups in total. The molecular weight excluding hydrogens is 248 g/mol. The highest BCUT2D eigenvalue weighted by molar-refractivity contribution is 4.88. The number of ether oxygens (including phenoxy) is 2. The summed E-state index contributed by atoms with van der Waals surface area (Å²) in [5.41, 5.74) is 0. The van der Waals surface area contributed by atoms with Crippen LogP contribution < -0.4 is 0 Å². The Bertz CT molecular complexity index is 256. The van der Waals surface area contributed by atoms with Gasteiger partial charge in [-0.3, -0.25) is 0 Å². The van der Waals surface area contributed by atoms with E-state index in [1.54, 1.807) is 0 Å². The second kappa shape index (κ2) is 9.44. The van der Waals surface area contributed by atoms with Gasteiger partial charge in [0.25, 0.3) is 0 Å². The highest BCUT2D eigenvalue weighted by Crippen LogP contribution is 2.17. The van der Waals surface area contributed by atoms with Gasteiger partial charge in [-0.25, -0.2) is 0 Å². The van der Waals surface area contributed by atoms with Crippen molar-refractivity contribution >= 4 is 0 Å². The van der Waals surface area contributed by atoms with Crippen LogP contribution in [0.3, 0.4) is 0 Å². The average molecular weight is 274 g/mol. The molecule has 0 unspecified atom stereocenters. The third-order valence-electron chi connectivity index (χ3n) is 3.18. The normalized spacial score (nSPS) is 29.2. The van der Waals surface area contributed by atoms with Crippen LogP contribution in [0.2, 0.25) is 0 Å². The zero-order chi connectivity index (χ0) is 14.1. The highest BCUT2D eigenvalue weighted by atomic mass is 16.5. The van der Waals surface area contributed by atoms with Gasteiger partial charge < -0.3 is 24.8 Å². The molecular formula is C14H26O5. The van der Waals surface area contributed by atoms with Crippen LogP contribution in [-0.4, -0.2) is 59.6 Å². The molecule has 1 saturated heterocycles. The quantitative estimate of drug-likeness (QED) is 0.424.